The number of rotatable bonds is 3. The summed E-state index contributed by atoms with van der Waals surface area (Å²) in [6, 6.07) is 10.9. The summed E-state index contributed by atoms with van der Waals surface area (Å²) in [4.78, 5) is 32.2. The number of halogens is 1. The van der Waals surface area contributed by atoms with E-state index in [1.807, 2.05) is 31.2 Å². The standard InChI is InChI=1S/C20H21N5O2.ClH/c1-2-25-16-8-4-3-7-15(16)19(26)18(23-25)20(27)24-11-10-22-13-17(24)14-6-5-9-21-12-14;/h3-9,12,17,22H,2,10-11,13H2,1H3;1H. The van der Waals surface area contributed by atoms with Crippen LogP contribution in [0.25, 0.3) is 10.9 Å². The fourth-order valence-electron chi connectivity index (χ4n) is 3.57. The molecule has 1 fully saturated rings. The second kappa shape index (κ2) is 8.50. The zero-order valence-corrected chi connectivity index (χ0v) is 16.4. The van der Waals surface area contributed by atoms with Gasteiger partial charge in [0, 0.05) is 44.0 Å². The van der Waals surface area contributed by atoms with Crippen LogP contribution in [-0.2, 0) is 6.54 Å². The van der Waals surface area contributed by atoms with E-state index in [0.29, 0.717) is 31.6 Å². The highest BCUT2D eigenvalue weighted by Gasteiger charge is 2.31. The largest absolute Gasteiger partial charge is 0.327 e. The van der Waals surface area contributed by atoms with Gasteiger partial charge in [-0.15, -0.1) is 12.4 Å². The Bertz CT molecular complexity index is 1040. The van der Waals surface area contributed by atoms with Gasteiger partial charge in [0.15, 0.2) is 5.69 Å². The number of aromatic nitrogens is 3. The lowest BCUT2D eigenvalue weighted by atomic mass is 10.0. The molecule has 28 heavy (non-hydrogen) atoms. The lowest BCUT2D eigenvalue weighted by molar-refractivity contribution is 0.0624. The maximum absolute atomic E-state index is 13.3. The van der Waals surface area contributed by atoms with E-state index in [1.54, 1.807) is 34.1 Å². The Morgan fingerprint density at radius 3 is 2.82 bits per heavy atom. The minimum atomic E-state index is -0.330. The van der Waals surface area contributed by atoms with Crippen LogP contribution in [0, 0.1) is 0 Å². The summed E-state index contributed by atoms with van der Waals surface area (Å²) >= 11 is 0. The number of hydrogen-bond acceptors (Lipinski definition) is 5. The van der Waals surface area contributed by atoms with Gasteiger partial charge in [0.05, 0.1) is 11.6 Å². The van der Waals surface area contributed by atoms with Gasteiger partial charge in [0.2, 0.25) is 5.43 Å². The molecule has 2 aromatic heterocycles. The number of nitrogens with zero attached hydrogens (tertiary/aromatic N) is 4. The van der Waals surface area contributed by atoms with Crippen LogP contribution in [0.5, 0.6) is 0 Å². The van der Waals surface area contributed by atoms with Crippen LogP contribution >= 0.6 is 12.4 Å². The average Bonchev–Trinajstić information content (AvgIpc) is 2.74. The van der Waals surface area contributed by atoms with Crippen molar-refractivity contribution in [3.63, 3.8) is 0 Å². The second-order valence-corrected chi connectivity index (χ2v) is 6.52. The molecule has 0 radical (unpaired) electrons. The molecular weight excluding hydrogens is 378 g/mol. The van der Waals surface area contributed by atoms with Crippen molar-refractivity contribution in [2.24, 2.45) is 0 Å². The molecule has 0 spiro atoms. The summed E-state index contributed by atoms with van der Waals surface area (Å²) in [5.41, 5.74) is 1.34. The van der Waals surface area contributed by atoms with Crippen molar-refractivity contribution >= 4 is 29.2 Å². The van der Waals surface area contributed by atoms with Gasteiger partial charge in [-0.25, -0.2) is 0 Å². The Morgan fingerprint density at radius 2 is 2.07 bits per heavy atom. The van der Waals surface area contributed by atoms with Gasteiger partial charge in [0.1, 0.15) is 0 Å². The minimum absolute atomic E-state index is 0. The first-order valence-electron chi connectivity index (χ1n) is 9.12. The first-order chi connectivity index (χ1) is 13.2. The number of nitrogens with one attached hydrogen (secondary N) is 1. The van der Waals surface area contributed by atoms with Gasteiger partial charge in [-0.05, 0) is 30.7 Å². The number of benzene rings is 1. The van der Waals surface area contributed by atoms with E-state index in [4.69, 9.17) is 0 Å². The van der Waals surface area contributed by atoms with Crippen molar-refractivity contribution in [2.75, 3.05) is 19.6 Å². The third-order valence-electron chi connectivity index (χ3n) is 4.94. The maximum atomic E-state index is 13.3. The van der Waals surface area contributed by atoms with Crippen molar-refractivity contribution in [2.45, 2.75) is 19.5 Å². The summed E-state index contributed by atoms with van der Waals surface area (Å²) in [7, 11) is 0. The number of pyridine rings is 1. The fourth-order valence-corrected chi connectivity index (χ4v) is 3.57. The number of piperazine rings is 1. The highest BCUT2D eigenvalue weighted by molar-refractivity contribution is 5.95. The quantitative estimate of drug-likeness (QED) is 0.728. The van der Waals surface area contributed by atoms with Crippen molar-refractivity contribution in [3.8, 4) is 0 Å². The zero-order valence-electron chi connectivity index (χ0n) is 15.5. The van der Waals surface area contributed by atoms with Crippen molar-refractivity contribution in [1.82, 2.24) is 25.0 Å². The Morgan fingerprint density at radius 1 is 1.25 bits per heavy atom. The normalized spacial score (nSPS) is 16.6. The molecule has 8 heteroatoms. The topological polar surface area (TPSA) is 80.1 Å². The van der Waals surface area contributed by atoms with Crippen molar-refractivity contribution < 1.29 is 4.79 Å². The molecule has 1 saturated heterocycles. The predicted octanol–water partition coefficient (Wildman–Crippen LogP) is 2.02. The number of aryl methyl sites for hydroxylation is 1. The fraction of sp³-hybridized carbons (Fsp3) is 0.300. The van der Waals surface area contributed by atoms with Crippen LogP contribution in [0.2, 0.25) is 0 Å². The highest BCUT2D eigenvalue weighted by atomic mass is 35.5. The molecule has 146 valence electrons. The Labute approximate surface area is 168 Å². The number of para-hydroxylation sites is 1. The van der Waals surface area contributed by atoms with Gasteiger partial charge < -0.3 is 10.2 Å². The number of carbonyl (C=O) groups is 1. The van der Waals surface area contributed by atoms with Crippen molar-refractivity contribution in [1.29, 1.82) is 0 Å². The molecule has 3 aromatic rings. The monoisotopic (exact) mass is 399 g/mol. The number of amides is 1. The molecule has 7 nitrogen and oxygen atoms in total. The molecule has 0 aliphatic carbocycles. The minimum Gasteiger partial charge on any atom is -0.327 e. The van der Waals surface area contributed by atoms with Crippen LogP contribution in [-0.4, -0.2) is 45.2 Å². The Balaban J connectivity index is 0.00000225. The number of carbonyl (C=O) groups excluding carboxylic acids is 1. The molecule has 1 aromatic carbocycles. The molecule has 1 aliphatic rings. The van der Waals surface area contributed by atoms with E-state index < -0.39 is 0 Å². The van der Waals surface area contributed by atoms with Crippen LogP contribution in [0.4, 0.5) is 0 Å². The van der Waals surface area contributed by atoms with E-state index in [0.717, 1.165) is 11.1 Å². The molecule has 0 bridgehead atoms. The lowest BCUT2D eigenvalue weighted by Crippen LogP contribution is -2.50. The summed E-state index contributed by atoms with van der Waals surface area (Å²) in [5.74, 6) is -0.330. The third-order valence-corrected chi connectivity index (χ3v) is 4.94. The number of fused-ring (bicyclic) bond motifs is 1. The van der Waals surface area contributed by atoms with E-state index in [-0.39, 0.29) is 35.5 Å². The molecule has 0 saturated carbocycles. The third kappa shape index (κ3) is 3.50. The maximum Gasteiger partial charge on any atom is 0.279 e. The molecule has 1 aliphatic heterocycles. The van der Waals surface area contributed by atoms with E-state index in [2.05, 4.69) is 15.4 Å². The van der Waals surface area contributed by atoms with Gasteiger partial charge in [-0.1, -0.05) is 18.2 Å². The summed E-state index contributed by atoms with van der Waals surface area (Å²) < 4.78 is 1.71. The number of hydrogen-bond donors (Lipinski definition) is 1. The van der Waals surface area contributed by atoms with E-state index >= 15 is 0 Å². The van der Waals surface area contributed by atoms with Gasteiger partial charge in [-0.2, -0.15) is 5.10 Å². The SMILES string of the molecule is CCn1nc(C(=O)N2CCNCC2c2cccnc2)c(=O)c2ccccc21.Cl. The van der Waals surface area contributed by atoms with Gasteiger partial charge in [-0.3, -0.25) is 19.3 Å². The Kier molecular flexibility index (Phi) is 6.06. The second-order valence-electron chi connectivity index (χ2n) is 6.52. The summed E-state index contributed by atoms with van der Waals surface area (Å²) in [5, 5.41) is 8.23. The summed E-state index contributed by atoms with van der Waals surface area (Å²) in [6.07, 6.45) is 3.47. The summed E-state index contributed by atoms with van der Waals surface area (Å²) in [6.45, 7) is 4.33. The first-order valence-corrected chi connectivity index (χ1v) is 9.12. The first kappa shape index (κ1) is 20.0. The zero-order chi connectivity index (χ0) is 18.8. The van der Waals surface area contributed by atoms with Crippen LogP contribution in [0.3, 0.4) is 0 Å². The Hall–Kier alpha value is -2.77. The smallest absolute Gasteiger partial charge is 0.279 e. The van der Waals surface area contributed by atoms with Crippen LogP contribution in [0.15, 0.2) is 53.6 Å². The van der Waals surface area contributed by atoms with Crippen LogP contribution < -0.4 is 10.7 Å². The molecule has 1 amide bonds. The van der Waals surface area contributed by atoms with E-state index in [9.17, 15) is 9.59 Å². The highest BCUT2D eigenvalue weighted by Crippen LogP contribution is 2.23. The molecular formula is C20H22ClN5O2. The predicted molar refractivity (Wildman–Crippen MR) is 110 cm³/mol. The molecule has 3 heterocycles. The van der Waals surface area contributed by atoms with Crippen molar-refractivity contribution in [3.05, 3.63) is 70.3 Å². The lowest BCUT2D eigenvalue weighted by Gasteiger charge is -2.36. The molecule has 1 N–H and O–H groups in total. The van der Waals surface area contributed by atoms with Crippen LogP contribution in [0.1, 0.15) is 29.0 Å². The molecule has 1 atom stereocenters. The molecule has 1 unspecified atom stereocenters. The average molecular weight is 400 g/mol. The van der Waals surface area contributed by atoms with Gasteiger partial charge >= 0.3 is 0 Å². The van der Waals surface area contributed by atoms with Gasteiger partial charge in [0.25, 0.3) is 5.91 Å². The van der Waals surface area contributed by atoms with E-state index in [1.165, 1.54) is 0 Å². The molecule has 4 rings (SSSR count).